The van der Waals surface area contributed by atoms with Crippen molar-refractivity contribution in [1.82, 2.24) is 20.4 Å². The van der Waals surface area contributed by atoms with Crippen LogP contribution in [0.3, 0.4) is 0 Å². The van der Waals surface area contributed by atoms with E-state index in [-0.39, 0.29) is 0 Å². The maximum absolute atomic E-state index is 4.69. The summed E-state index contributed by atoms with van der Waals surface area (Å²) in [6.45, 7) is 0.722. The van der Waals surface area contributed by atoms with Crippen molar-refractivity contribution in [3.63, 3.8) is 0 Å². The first kappa shape index (κ1) is 14.2. The van der Waals surface area contributed by atoms with Gasteiger partial charge in [-0.05, 0) is 31.7 Å². The summed E-state index contributed by atoms with van der Waals surface area (Å²) in [4.78, 5) is 4.28. The molecule has 2 N–H and O–H groups in total. The minimum Gasteiger partial charge on any atom is -0.353 e. The van der Waals surface area contributed by atoms with E-state index in [1.165, 1.54) is 25.7 Å². The van der Waals surface area contributed by atoms with Gasteiger partial charge in [-0.25, -0.2) is 0 Å². The Bertz CT molecular complexity index is 502. The van der Waals surface area contributed by atoms with Crippen molar-refractivity contribution in [3.05, 3.63) is 30.1 Å². The Morgan fingerprint density at radius 2 is 2.10 bits per heavy atom. The molecule has 21 heavy (non-hydrogen) atoms. The zero-order chi connectivity index (χ0) is 14.5. The fourth-order valence-corrected chi connectivity index (χ4v) is 3.14. The van der Waals surface area contributed by atoms with E-state index in [0.29, 0.717) is 12.1 Å². The Hall–Kier alpha value is -1.78. The van der Waals surface area contributed by atoms with Gasteiger partial charge < -0.3 is 10.6 Å². The molecule has 2 aliphatic rings. The quantitative estimate of drug-likeness (QED) is 0.508. The molecule has 0 atom stereocenters. The smallest absolute Gasteiger partial charge is 0.191 e. The molecule has 0 aromatic carbocycles. The van der Waals surface area contributed by atoms with Gasteiger partial charge in [-0.15, -0.1) is 0 Å². The molecule has 0 amide bonds. The average molecular weight is 287 g/mol. The number of guanidine groups is 1. The number of nitrogens with one attached hydrogen (secondary N) is 2. The van der Waals surface area contributed by atoms with Crippen LogP contribution in [0.2, 0.25) is 0 Å². The number of hydrogen-bond acceptors (Lipinski definition) is 2. The van der Waals surface area contributed by atoms with E-state index < -0.39 is 0 Å². The molecule has 0 saturated heterocycles. The summed E-state index contributed by atoms with van der Waals surface area (Å²) < 4.78 is 2.14. The van der Waals surface area contributed by atoms with Crippen LogP contribution in [0.25, 0.3) is 0 Å². The Morgan fingerprint density at radius 1 is 1.33 bits per heavy atom. The van der Waals surface area contributed by atoms with E-state index in [9.17, 15) is 0 Å². The van der Waals surface area contributed by atoms with Crippen molar-refractivity contribution in [2.24, 2.45) is 4.99 Å². The molecule has 1 fully saturated rings. The molecule has 2 aliphatic carbocycles. The molecule has 0 bridgehead atoms. The van der Waals surface area contributed by atoms with E-state index in [0.717, 1.165) is 31.0 Å². The maximum atomic E-state index is 4.69. The van der Waals surface area contributed by atoms with Crippen molar-refractivity contribution in [3.8, 4) is 0 Å². The van der Waals surface area contributed by atoms with Crippen LogP contribution < -0.4 is 10.6 Å². The molecule has 5 heteroatoms. The van der Waals surface area contributed by atoms with Gasteiger partial charge in [0.25, 0.3) is 0 Å². The summed E-state index contributed by atoms with van der Waals surface area (Å²) >= 11 is 0. The molecular formula is C16H25N5. The number of rotatable bonds is 4. The molecule has 3 rings (SSSR count). The first-order valence-corrected chi connectivity index (χ1v) is 8.01. The third-order valence-electron chi connectivity index (χ3n) is 4.37. The Kier molecular flexibility index (Phi) is 4.58. The third-order valence-corrected chi connectivity index (χ3v) is 4.37. The van der Waals surface area contributed by atoms with Crippen LogP contribution in [0.15, 0.2) is 29.4 Å². The Morgan fingerprint density at radius 3 is 2.81 bits per heavy atom. The predicted molar refractivity (Wildman–Crippen MR) is 85.2 cm³/mol. The van der Waals surface area contributed by atoms with Gasteiger partial charge in [0.05, 0.1) is 18.3 Å². The van der Waals surface area contributed by atoms with E-state index in [2.05, 4.69) is 49.8 Å². The van der Waals surface area contributed by atoms with Crippen molar-refractivity contribution in [2.75, 3.05) is 7.05 Å². The average Bonchev–Trinajstić information content (AvgIpc) is 3.24. The molecule has 0 unspecified atom stereocenters. The second-order valence-electron chi connectivity index (χ2n) is 5.94. The fourth-order valence-electron chi connectivity index (χ4n) is 3.14. The lowest BCUT2D eigenvalue weighted by Crippen LogP contribution is -2.42. The minimum atomic E-state index is 0.479. The molecule has 0 spiro atoms. The molecular weight excluding hydrogens is 262 g/mol. The second-order valence-corrected chi connectivity index (χ2v) is 5.94. The highest BCUT2D eigenvalue weighted by atomic mass is 15.3. The molecule has 114 valence electrons. The van der Waals surface area contributed by atoms with Crippen molar-refractivity contribution in [1.29, 1.82) is 0 Å². The summed E-state index contributed by atoms with van der Waals surface area (Å²) in [6, 6.07) is 3.20. The standard InChI is InChI=1S/C16H25N5/c1-17-16(19-13-6-2-3-7-13)18-12-14-10-11-21(20-14)15-8-4-5-9-15/h2-3,10-11,13,15H,4-9,12H2,1H3,(H2,17,18,19). The maximum Gasteiger partial charge on any atom is 0.191 e. The highest BCUT2D eigenvalue weighted by Gasteiger charge is 2.17. The Balaban J connectivity index is 1.49. The number of nitrogens with zero attached hydrogens (tertiary/aromatic N) is 3. The van der Waals surface area contributed by atoms with Crippen molar-refractivity contribution >= 4 is 5.96 Å². The van der Waals surface area contributed by atoms with Gasteiger partial charge in [-0.3, -0.25) is 9.67 Å². The summed E-state index contributed by atoms with van der Waals surface area (Å²) in [5, 5.41) is 11.5. The first-order chi connectivity index (χ1) is 10.3. The van der Waals surface area contributed by atoms with Crippen molar-refractivity contribution in [2.45, 2.75) is 57.2 Å². The lowest BCUT2D eigenvalue weighted by molar-refractivity contribution is 0.462. The summed E-state index contributed by atoms with van der Waals surface area (Å²) in [5.41, 5.74) is 1.08. The summed E-state index contributed by atoms with van der Waals surface area (Å²) in [6.07, 6.45) is 13.9. The number of aromatic nitrogens is 2. The fraction of sp³-hybridized carbons (Fsp3) is 0.625. The van der Waals surface area contributed by atoms with Crippen LogP contribution >= 0.6 is 0 Å². The van der Waals surface area contributed by atoms with Crippen LogP contribution in [-0.4, -0.2) is 28.8 Å². The lowest BCUT2D eigenvalue weighted by Gasteiger charge is -2.16. The number of hydrogen-bond donors (Lipinski definition) is 2. The first-order valence-electron chi connectivity index (χ1n) is 8.01. The molecule has 0 aliphatic heterocycles. The van der Waals surface area contributed by atoms with Gasteiger partial charge in [0.15, 0.2) is 5.96 Å². The zero-order valence-electron chi connectivity index (χ0n) is 12.8. The van der Waals surface area contributed by atoms with E-state index >= 15 is 0 Å². The van der Waals surface area contributed by atoms with E-state index in [1.54, 1.807) is 0 Å². The van der Waals surface area contributed by atoms with Crippen molar-refractivity contribution < 1.29 is 0 Å². The SMILES string of the molecule is CN=C(NCc1ccn(C2CCCC2)n1)NC1CC=CC1. The lowest BCUT2D eigenvalue weighted by atomic mass is 10.2. The van der Waals surface area contributed by atoms with E-state index in [4.69, 9.17) is 0 Å². The van der Waals surface area contributed by atoms with Gasteiger partial charge >= 0.3 is 0 Å². The molecule has 1 saturated carbocycles. The van der Waals surface area contributed by atoms with Crippen LogP contribution in [0.4, 0.5) is 0 Å². The van der Waals surface area contributed by atoms with Gasteiger partial charge in [-0.1, -0.05) is 25.0 Å². The summed E-state index contributed by atoms with van der Waals surface area (Å²) in [5.74, 6) is 0.860. The number of aliphatic imine (C=N–C) groups is 1. The highest BCUT2D eigenvalue weighted by Crippen LogP contribution is 2.28. The minimum absolute atomic E-state index is 0.479. The molecule has 0 radical (unpaired) electrons. The van der Waals surface area contributed by atoms with E-state index in [1.807, 2.05) is 7.05 Å². The molecule has 5 nitrogen and oxygen atoms in total. The van der Waals surface area contributed by atoms with Gasteiger partial charge in [-0.2, -0.15) is 5.10 Å². The molecule has 1 aromatic rings. The topological polar surface area (TPSA) is 54.2 Å². The molecule has 1 aromatic heterocycles. The Labute approximate surface area is 126 Å². The summed E-state index contributed by atoms with van der Waals surface area (Å²) in [7, 11) is 1.81. The predicted octanol–water partition coefficient (Wildman–Crippen LogP) is 2.38. The monoisotopic (exact) mass is 287 g/mol. The van der Waals surface area contributed by atoms with Crippen LogP contribution in [0, 0.1) is 0 Å². The normalized spacial score (nSPS) is 20.3. The third kappa shape index (κ3) is 3.65. The van der Waals surface area contributed by atoms with Gasteiger partial charge in [0.1, 0.15) is 0 Å². The van der Waals surface area contributed by atoms with Gasteiger partial charge in [0.2, 0.25) is 0 Å². The van der Waals surface area contributed by atoms with Crippen LogP contribution in [-0.2, 0) is 6.54 Å². The second kappa shape index (κ2) is 6.78. The highest BCUT2D eigenvalue weighted by molar-refractivity contribution is 5.80. The zero-order valence-corrected chi connectivity index (χ0v) is 12.8. The van der Waals surface area contributed by atoms with Gasteiger partial charge in [0, 0.05) is 19.3 Å². The largest absolute Gasteiger partial charge is 0.353 e. The van der Waals surface area contributed by atoms with Crippen LogP contribution in [0.1, 0.15) is 50.3 Å². The van der Waals surface area contributed by atoms with Crippen LogP contribution in [0.5, 0.6) is 0 Å². The molecule has 1 heterocycles.